The van der Waals surface area contributed by atoms with Crippen molar-refractivity contribution in [2.24, 2.45) is 0 Å². The maximum absolute atomic E-state index is 12.5. The Morgan fingerprint density at radius 2 is 1.64 bits per heavy atom. The van der Waals surface area contributed by atoms with Crippen LogP contribution in [-0.2, 0) is 26.2 Å². The van der Waals surface area contributed by atoms with Gasteiger partial charge in [0.2, 0.25) is 10.0 Å². The van der Waals surface area contributed by atoms with Crippen LogP contribution in [0.2, 0.25) is 0 Å². The normalized spacial score (nSPS) is 11.8. The first-order valence-corrected chi connectivity index (χ1v) is 9.12. The summed E-state index contributed by atoms with van der Waals surface area (Å²) >= 11 is 0. The zero-order valence-corrected chi connectivity index (χ0v) is 15.2. The molecule has 0 heterocycles. The molecule has 0 aliphatic carbocycles. The second kappa shape index (κ2) is 7.67. The molecule has 0 fully saturated rings. The van der Waals surface area contributed by atoms with Crippen LogP contribution in [0.4, 0.5) is 0 Å². The molecule has 0 aliphatic heterocycles. The van der Waals surface area contributed by atoms with E-state index < -0.39 is 21.5 Å². The number of rotatable bonds is 7. The monoisotopic (exact) mass is 363 g/mol. The van der Waals surface area contributed by atoms with Crippen LogP contribution >= 0.6 is 0 Å². The van der Waals surface area contributed by atoms with E-state index in [2.05, 4.69) is 4.72 Å². The smallest absolute Gasteiger partial charge is 0.327 e. The minimum atomic E-state index is -3.88. The van der Waals surface area contributed by atoms with Gasteiger partial charge in [0.1, 0.15) is 17.9 Å². The second-order valence-electron chi connectivity index (χ2n) is 5.97. The van der Waals surface area contributed by atoms with Crippen molar-refractivity contribution in [2.75, 3.05) is 7.11 Å². The average Bonchev–Trinajstić information content (AvgIpc) is 2.59. The van der Waals surface area contributed by atoms with E-state index in [1.807, 2.05) is 30.3 Å². The molecule has 0 bridgehead atoms. The summed E-state index contributed by atoms with van der Waals surface area (Å²) in [6.45, 7) is 3.00. The van der Waals surface area contributed by atoms with Crippen LogP contribution in [0.3, 0.4) is 0 Å². The summed E-state index contributed by atoms with van der Waals surface area (Å²) in [7, 11) is -2.38. The van der Waals surface area contributed by atoms with Crippen LogP contribution in [0.5, 0.6) is 5.75 Å². The minimum absolute atomic E-state index is 0.0391. The van der Waals surface area contributed by atoms with Crippen LogP contribution in [0.1, 0.15) is 19.4 Å². The Labute approximate surface area is 147 Å². The third-order valence-corrected chi connectivity index (χ3v) is 5.15. The van der Waals surface area contributed by atoms with E-state index in [4.69, 9.17) is 9.47 Å². The molecule has 0 aliphatic rings. The van der Waals surface area contributed by atoms with Gasteiger partial charge < -0.3 is 9.47 Å². The average molecular weight is 363 g/mol. The van der Waals surface area contributed by atoms with Gasteiger partial charge in [0, 0.05) is 0 Å². The van der Waals surface area contributed by atoms with Crippen molar-refractivity contribution in [1.29, 1.82) is 0 Å². The summed E-state index contributed by atoms with van der Waals surface area (Å²) < 4.78 is 37.5. The SMILES string of the molecule is COc1ccc(S(=O)(=O)NC(C)(C)C(=O)OCc2ccccc2)cc1. The second-order valence-corrected chi connectivity index (χ2v) is 7.65. The van der Waals surface area contributed by atoms with Gasteiger partial charge >= 0.3 is 5.97 Å². The summed E-state index contributed by atoms with van der Waals surface area (Å²) in [5, 5.41) is 0. The van der Waals surface area contributed by atoms with Crippen molar-refractivity contribution >= 4 is 16.0 Å². The number of hydrogen-bond acceptors (Lipinski definition) is 5. The first-order chi connectivity index (χ1) is 11.7. The maximum atomic E-state index is 12.5. The zero-order chi connectivity index (χ0) is 18.5. The lowest BCUT2D eigenvalue weighted by atomic mass is 10.1. The number of esters is 1. The highest BCUT2D eigenvalue weighted by Crippen LogP contribution is 2.18. The quantitative estimate of drug-likeness (QED) is 0.765. The molecule has 2 rings (SSSR count). The number of sulfonamides is 1. The molecule has 25 heavy (non-hydrogen) atoms. The fourth-order valence-electron chi connectivity index (χ4n) is 2.09. The van der Waals surface area contributed by atoms with Crippen LogP contribution < -0.4 is 9.46 Å². The summed E-state index contributed by atoms with van der Waals surface area (Å²) in [4.78, 5) is 12.3. The van der Waals surface area contributed by atoms with Crippen molar-refractivity contribution in [1.82, 2.24) is 4.72 Å². The molecule has 0 amide bonds. The van der Waals surface area contributed by atoms with Crippen LogP contribution in [0.15, 0.2) is 59.5 Å². The molecule has 0 saturated carbocycles. The number of benzene rings is 2. The lowest BCUT2D eigenvalue weighted by Crippen LogP contribution is -2.50. The summed E-state index contributed by atoms with van der Waals surface area (Å²) in [6.07, 6.45) is 0. The molecule has 0 atom stereocenters. The number of hydrogen-bond donors (Lipinski definition) is 1. The predicted octanol–water partition coefficient (Wildman–Crippen LogP) is 2.50. The van der Waals surface area contributed by atoms with E-state index in [9.17, 15) is 13.2 Å². The molecule has 2 aromatic rings. The van der Waals surface area contributed by atoms with Gasteiger partial charge in [0.05, 0.1) is 12.0 Å². The Kier molecular flexibility index (Phi) is 5.81. The third-order valence-electron chi connectivity index (χ3n) is 3.48. The fourth-order valence-corrected chi connectivity index (χ4v) is 3.46. The molecule has 0 aromatic heterocycles. The van der Waals surface area contributed by atoms with E-state index in [-0.39, 0.29) is 11.5 Å². The summed E-state index contributed by atoms with van der Waals surface area (Å²) in [6, 6.07) is 15.1. The lowest BCUT2D eigenvalue weighted by molar-refractivity contribution is -0.150. The molecule has 2 aromatic carbocycles. The van der Waals surface area contributed by atoms with Gasteiger partial charge in [0.15, 0.2) is 0 Å². The Hall–Kier alpha value is -2.38. The predicted molar refractivity (Wildman–Crippen MR) is 93.6 cm³/mol. The van der Waals surface area contributed by atoms with Gasteiger partial charge in [-0.25, -0.2) is 8.42 Å². The third kappa shape index (κ3) is 5.04. The number of nitrogens with one attached hydrogen (secondary N) is 1. The maximum Gasteiger partial charge on any atom is 0.327 e. The Bertz CT molecular complexity index is 814. The van der Waals surface area contributed by atoms with Gasteiger partial charge in [-0.05, 0) is 43.7 Å². The Morgan fingerprint density at radius 1 is 1.04 bits per heavy atom. The van der Waals surface area contributed by atoms with E-state index in [1.165, 1.54) is 45.2 Å². The molecular weight excluding hydrogens is 342 g/mol. The molecule has 0 radical (unpaired) electrons. The van der Waals surface area contributed by atoms with Crippen molar-refractivity contribution in [3.8, 4) is 5.75 Å². The largest absolute Gasteiger partial charge is 0.497 e. The van der Waals surface area contributed by atoms with Gasteiger partial charge in [-0.2, -0.15) is 4.72 Å². The van der Waals surface area contributed by atoms with E-state index >= 15 is 0 Å². The van der Waals surface area contributed by atoms with Crippen molar-refractivity contribution < 1.29 is 22.7 Å². The van der Waals surface area contributed by atoms with Crippen LogP contribution in [0, 0.1) is 0 Å². The van der Waals surface area contributed by atoms with Crippen LogP contribution in [-0.4, -0.2) is 27.0 Å². The molecule has 6 nitrogen and oxygen atoms in total. The number of carbonyl (C=O) groups is 1. The molecule has 7 heteroatoms. The zero-order valence-electron chi connectivity index (χ0n) is 14.4. The van der Waals surface area contributed by atoms with Crippen molar-refractivity contribution in [3.63, 3.8) is 0 Å². The summed E-state index contributed by atoms with van der Waals surface area (Å²) in [5.41, 5.74) is -0.585. The summed E-state index contributed by atoms with van der Waals surface area (Å²) in [5.74, 6) is -0.117. The van der Waals surface area contributed by atoms with E-state index in [0.717, 1.165) is 5.56 Å². The lowest BCUT2D eigenvalue weighted by Gasteiger charge is -2.24. The minimum Gasteiger partial charge on any atom is -0.497 e. The molecular formula is C18H21NO5S. The Morgan fingerprint density at radius 3 is 2.20 bits per heavy atom. The highest BCUT2D eigenvalue weighted by Gasteiger charge is 2.34. The first-order valence-electron chi connectivity index (χ1n) is 7.64. The fraction of sp³-hybridized carbons (Fsp3) is 0.278. The number of carbonyl (C=O) groups excluding carboxylic acids is 1. The van der Waals surface area contributed by atoms with Gasteiger partial charge in [0.25, 0.3) is 0 Å². The molecule has 134 valence electrons. The van der Waals surface area contributed by atoms with Gasteiger partial charge in [-0.3, -0.25) is 4.79 Å². The molecule has 1 N–H and O–H groups in total. The van der Waals surface area contributed by atoms with E-state index in [1.54, 1.807) is 0 Å². The standard InChI is InChI=1S/C18H21NO5S/c1-18(2,17(20)24-13-14-7-5-4-6-8-14)19-25(21,22)16-11-9-15(23-3)10-12-16/h4-12,19H,13H2,1-3H3. The highest BCUT2D eigenvalue weighted by molar-refractivity contribution is 7.89. The molecule has 0 spiro atoms. The number of methoxy groups -OCH3 is 1. The number of ether oxygens (including phenoxy) is 2. The van der Waals surface area contributed by atoms with Gasteiger partial charge in [-0.15, -0.1) is 0 Å². The van der Waals surface area contributed by atoms with Crippen molar-refractivity contribution in [3.05, 3.63) is 60.2 Å². The van der Waals surface area contributed by atoms with Crippen molar-refractivity contribution in [2.45, 2.75) is 30.9 Å². The molecule has 0 unspecified atom stereocenters. The first kappa shape index (κ1) is 19.0. The van der Waals surface area contributed by atoms with E-state index in [0.29, 0.717) is 5.75 Å². The highest BCUT2D eigenvalue weighted by atomic mass is 32.2. The van der Waals surface area contributed by atoms with Crippen LogP contribution in [0.25, 0.3) is 0 Å². The van der Waals surface area contributed by atoms with Gasteiger partial charge in [-0.1, -0.05) is 30.3 Å². The topological polar surface area (TPSA) is 81.7 Å². The molecule has 0 saturated heterocycles. The Balaban J connectivity index is 2.05.